The number of hydrogen-bond acceptors (Lipinski definition) is 3. The molecule has 25 heavy (non-hydrogen) atoms. The number of imide groups is 1. The molecule has 0 fully saturated rings. The molecule has 1 aliphatic heterocycles. The molecule has 0 bridgehead atoms. The molecule has 5 heteroatoms. The van der Waals surface area contributed by atoms with E-state index < -0.39 is 0 Å². The van der Waals surface area contributed by atoms with Crippen LogP contribution in [-0.2, 0) is 9.59 Å². The molecule has 0 N–H and O–H groups in total. The fourth-order valence-corrected chi connectivity index (χ4v) is 3.77. The number of aryl methyl sites for hydroxylation is 1. The summed E-state index contributed by atoms with van der Waals surface area (Å²) in [6, 6.07) is 14.4. The number of benzene rings is 2. The Hall–Kier alpha value is -2.04. The van der Waals surface area contributed by atoms with Crippen molar-refractivity contribution in [2.45, 2.75) is 26.0 Å². The van der Waals surface area contributed by atoms with E-state index >= 15 is 0 Å². The van der Waals surface area contributed by atoms with Crippen molar-refractivity contribution >= 4 is 46.4 Å². The third-order valence-electron chi connectivity index (χ3n) is 3.82. The number of hydrogen-bond donors (Lipinski definition) is 0. The number of nitrogens with zero attached hydrogens (tertiary/aromatic N) is 1. The van der Waals surface area contributed by atoms with Crippen LogP contribution >= 0.6 is 23.4 Å². The summed E-state index contributed by atoms with van der Waals surface area (Å²) in [6.07, 6.45) is 0. The maximum absolute atomic E-state index is 13.1. The summed E-state index contributed by atoms with van der Waals surface area (Å²) in [4.78, 5) is 27.8. The first-order valence-corrected chi connectivity index (χ1v) is 9.26. The normalized spacial score (nSPS) is 14.8. The molecule has 3 nitrogen and oxygen atoms in total. The van der Waals surface area contributed by atoms with Crippen molar-refractivity contribution in [2.24, 2.45) is 0 Å². The summed E-state index contributed by atoms with van der Waals surface area (Å²) in [5.41, 5.74) is 2.82. The van der Waals surface area contributed by atoms with Gasteiger partial charge in [0, 0.05) is 10.3 Å². The van der Waals surface area contributed by atoms with Crippen LogP contribution in [-0.4, -0.2) is 17.1 Å². The van der Waals surface area contributed by atoms with Crippen molar-refractivity contribution in [3.8, 4) is 0 Å². The minimum Gasteiger partial charge on any atom is -0.268 e. The van der Waals surface area contributed by atoms with E-state index in [1.54, 1.807) is 36.4 Å². The summed E-state index contributed by atoms with van der Waals surface area (Å²) in [7, 11) is 0. The highest BCUT2D eigenvalue weighted by atomic mass is 35.5. The fraction of sp³-hybridized carbons (Fsp3) is 0.200. The number of thioether (sulfide) groups is 1. The molecule has 0 aliphatic carbocycles. The first-order valence-electron chi connectivity index (χ1n) is 8.01. The van der Waals surface area contributed by atoms with Gasteiger partial charge in [0.2, 0.25) is 0 Å². The standard InChI is InChI=1S/C20H18ClNO2S/c1-12(2)25-18-17(14-6-8-15(21)9-7-14)19(23)22(20(18)24)16-10-4-13(3)5-11-16/h4-12H,1-3H3. The second-order valence-electron chi connectivity index (χ2n) is 6.16. The van der Waals surface area contributed by atoms with Gasteiger partial charge in [-0.2, -0.15) is 0 Å². The van der Waals surface area contributed by atoms with Crippen LogP contribution in [0.25, 0.3) is 5.57 Å². The van der Waals surface area contributed by atoms with Gasteiger partial charge in [0.25, 0.3) is 11.8 Å². The summed E-state index contributed by atoms with van der Waals surface area (Å²) < 4.78 is 0. The monoisotopic (exact) mass is 371 g/mol. The van der Waals surface area contributed by atoms with Gasteiger partial charge in [0.15, 0.2) is 0 Å². The molecule has 2 amide bonds. The summed E-state index contributed by atoms with van der Waals surface area (Å²) in [5.74, 6) is -0.558. The molecular formula is C20H18ClNO2S. The summed E-state index contributed by atoms with van der Waals surface area (Å²) >= 11 is 7.38. The number of anilines is 1. The van der Waals surface area contributed by atoms with Crippen LogP contribution in [0.3, 0.4) is 0 Å². The zero-order valence-corrected chi connectivity index (χ0v) is 15.8. The maximum Gasteiger partial charge on any atom is 0.272 e. The lowest BCUT2D eigenvalue weighted by Gasteiger charge is -2.15. The molecule has 1 aliphatic rings. The van der Waals surface area contributed by atoms with Crippen molar-refractivity contribution in [2.75, 3.05) is 4.90 Å². The van der Waals surface area contributed by atoms with E-state index in [2.05, 4.69) is 0 Å². The molecular weight excluding hydrogens is 354 g/mol. The quantitative estimate of drug-likeness (QED) is 0.704. The molecule has 0 saturated heterocycles. The SMILES string of the molecule is Cc1ccc(N2C(=O)C(SC(C)C)=C(c3ccc(Cl)cc3)C2=O)cc1. The second kappa shape index (κ2) is 7.06. The third-order valence-corrected chi connectivity index (χ3v) is 5.16. The molecule has 0 spiro atoms. The minimum atomic E-state index is -0.292. The zero-order valence-electron chi connectivity index (χ0n) is 14.2. The molecule has 128 valence electrons. The Bertz CT molecular complexity index is 854. The Labute approximate surface area is 156 Å². The third kappa shape index (κ3) is 3.51. The second-order valence-corrected chi connectivity index (χ2v) is 8.18. The van der Waals surface area contributed by atoms with Gasteiger partial charge in [-0.05, 0) is 36.8 Å². The number of rotatable bonds is 4. The van der Waals surface area contributed by atoms with Crippen LogP contribution in [0.4, 0.5) is 5.69 Å². The molecule has 2 aromatic rings. The number of carbonyl (C=O) groups is 2. The van der Waals surface area contributed by atoms with E-state index in [4.69, 9.17) is 11.6 Å². The number of halogens is 1. The Morgan fingerprint density at radius 1 is 0.920 bits per heavy atom. The Morgan fingerprint density at radius 2 is 1.52 bits per heavy atom. The lowest BCUT2D eigenvalue weighted by molar-refractivity contribution is -0.119. The molecule has 1 heterocycles. The Balaban J connectivity index is 2.09. The largest absolute Gasteiger partial charge is 0.272 e. The number of amides is 2. The minimum absolute atomic E-state index is 0.187. The Morgan fingerprint density at radius 3 is 2.08 bits per heavy atom. The van der Waals surface area contributed by atoms with Gasteiger partial charge in [0.05, 0.1) is 16.2 Å². The highest BCUT2D eigenvalue weighted by Gasteiger charge is 2.40. The lowest BCUT2D eigenvalue weighted by atomic mass is 10.1. The van der Waals surface area contributed by atoms with Gasteiger partial charge in [-0.25, -0.2) is 4.90 Å². The van der Waals surface area contributed by atoms with E-state index in [-0.39, 0.29) is 17.1 Å². The molecule has 3 rings (SSSR count). The van der Waals surface area contributed by atoms with E-state index in [1.807, 2.05) is 32.9 Å². The van der Waals surface area contributed by atoms with Crippen LogP contribution in [0.2, 0.25) is 5.02 Å². The van der Waals surface area contributed by atoms with E-state index in [9.17, 15) is 9.59 Å². The molecule has 0 saturated carbocycles. The van der Waals surface area contributed by atoms with Crippen LogP contribution in [0.15, 0.2) is 53.4 Å². The molecule has 0 aromatic heterocycles. The fourth-order valence-electron chi connectivity index (χ4n) is 2.65. The van der Waals surface area contributed by atoms with Gasteiger partial charge in [-0.1, -0.05) is 55.3 Å². The zero-order chi connectivity index (χ0) is 18.1. The Kier molecular flexibility index (Phi) is 5.02. The van der Waals surface area contributed by atoms with Gasteiger partial charge in [-0.15, -0.1) is 11.8 Å². The van der Waals surface area contributed by atoms with Crippen molar-refractivity contribution in [1.82, 2.24) is 0 Å². The predicted molar refractivity (Wildman–Crippen MR) is 105 cm³/mol. The average Bonchev–Trinajstić information content (AvgIpc) is 2.80. The topological polar surface area (TPSA) is 37.4 Å². The van der Waals surface area contributed by atoms with Crippen LogP contribution in [0.1, 0.15) is 25.0 Å². The van der Waals surface area contributed by atoms with E-state index in [0.29, 0.717) is 26.8 Å². The predicted octanol–water partition coefficient (Wildman–Crippen LogP) is 5.07. The summed E-state index contributed by atoms with van der Waals surface area (Å²) in [5, 5.41) is 0.779. The van der Waals surface area contributed by atoms with Crippen molar-refractivity contribution in [3.05, 3.63) is 69.6 Å². The smallest absolute Gasteiger partial charge is 0.268 e. The molecule has 0 atom stereocenters. The van der Waals surface area contributed by atoms with Crippen molar-refractivity contribution in [1.29, 1.82) is 0 Å². The highest BCUT2D eigenvalue weighted by Crippen LogP contribution is 2.40. The summed E-state index contributed by atoms with van der Waals surface area (Å²) in [6.45, 7) is 5.97. The highest BCUT2D eigenvalue weighted by molar-refractivity contribution is 8.04. The van der Waals surface area contributed by atoms with Crippen LogP contribution < -0.4 is 4.90 Å². The molecule has 2 aromatic carbocycles. The number of carbonyl (C=O) groups excluding carboxylic acids is 2. The maximum atomic E-state index is 13.1. The van der Waals surface area contributed by atoms with Crippen LogP contribution in [0, 0.1) is 6.92 Å². The molecule has 0 unspecified atom stereocenters. The van der Waals surface area contributed by atoms with Gasteiger partial charge >= 0.3 is 0 Å². The lowest BCUT2D eigenvalue weighted by Crippen LogP contribution is -2.31. The van der Waals surface area contributed by atoms with E-state index in [1.165, 1.54) is 16.7 Å². The van der Waals surface area contributed by atoms with Crippen molar-refractivity contribution in [3.63, 3.8) is 0 Å². The van der Waals surface area contributed by atoms with Gasteiger partial charge in [0.1, 0.15) is 0 Å². The first kappa shape index (κ1) is 17.8. The first-order chi connectivity index (χ1) is 11.9. The average molecular weight is 372 g/mol. The van der Waals surface area contributed by atoms with Gasteiger partial charge < -0.3 is 0 Å². The van der Waals surface area contributed by atoms with Crippen molar-refractivity contribution < 1.29 is 9.59 Å². The van der Waals surface area contributed by atoms with Crippen LogP contribution in [0.5, 0.6) is 0 Å². The van der Waals surface area contributed by atoms with E-state index in [0.717, 1.165) is 5.56 Å². The molecule has 0 radical (unpaired) electrons. The van der Waals surface area contributed by atoms with Gasteiger partial charge in [-0.3, -0.25) is 9.59 Å².